The SMILES string of the molecule is COc1cc(C(=O)Nc2ccc(C(=O)NCCNC(=O)c3ccco3)cc2)cc(OC)c1OC. The molecule has 1 aromatic heterocycles. The molecule has 3 N–H and O–H groups in total. The van der Waals surface area contributed by atoms with Gasteiger partial charge in [-0.15, -0.1) is 0 Å². The van der Waals surface area contributed by atoms with Gasteiger partial charge >= 0.3 is 0 Å². The maximum absolute atomic E-state index is 12.7. The fourth-order valence-electron chi connectivity index (χ4n) is 3.07. The minimum Gasteiger partial charge on any atom is -0.493 e. The first-order valence-electron chi connectivity index (χ1n) is 10.3. The summed E-state index contributed by atoms with van der Waals surface area (Å²) < 4.78 is 20.8. The second kappa shape index (κ2) is 11.4. The van der Waals surface area contributed by atoms with Gasteiger partial charge in [-0.05, 0) is 48.5 Å². The Bertz CT molecular complexity index is 1120. The minimum atomic E-state index is -0.385. The summed E-state index contributed by atoms with van der Waals surface area (Å²) in [5.74, 6) is 0.261. The summed E-state index contributed by atoms with van der Waals surface area (Å²) in [5.41, 5.74) is 1.22. The highest BCUT2D eigenvalue weighted by Crippen LogP contribution is 2.38. The first-order chi connectivity index (χ1) is 16.5. The second-order valence-corrected chi connectivity index (χ2v) is 6.93. The topological polar surface area (TPSA) is 128 Å². The molecule has 0 unspecified atom stereocenters. The standard InChI is InChI=1S/C24H25N3O7/c1-31-19-13-16(14-20(32-2)21(19)33-3)23(29)27-17-8-6-15(7-9-17)22(28)25-10-11-26-24(30)18-5-4-12-34-18/h4-9,12-14H,10-11H2,1-3H3,(H,25,28)(H,26,30)(H,27,29). The van der Waals surface area contributed by atoms with E-state index in [1.165, 1.54) is 27.6 Å². The molecule has 0 aliphatic rings. The molecule has 3 aromatic rings. The molecule has 10 heteroatoms. The van der Waals surface area contributed by atoms with E-state index in [9.17, 15) is 14.4 Å². The molecule has 0 spiro atoms. The number of anilines is 1. The Labute approximate surface area is 196 Å². The van der Waals surface area contributed by atoms with Gasteiger partial charge in [0, 0.05) is 29.9 Å². The molecular weight excluding hydrogens is 442 g/mol. The van der Waals surface area contributed by atoms with E-state index in [0.717, 1.165) is 0 Å². The average Bonchev–Trinajstić information content (AvgIpc) is 3.41. The molecule has 0 aliphatic heterocycles. The van der Waals surface area contributed by atoms with E-state index in [1.807, 2.05) is 0 Å². The highest BCUT2D eigenvalue weighted by atomic mass is 16.5. The Morgan fingerprint density at radius 1 is 0.765 bits per heavy atom. The Balaban J connectivity index is 1.54. The Kier molecular flexibility index (Phi) is 8.11. The maximum Gasteiger partial charge on any atom is 0.287 e. The molecule has 0 radical (unpaired) electrons. The molecule has 0 fully saturated rings. The summed E-state index contributed by atoms with van der Waals surface area (Å²) in [6.07, 6.45) is 1.41. The number of methoxy groups -OCH3 is 3. The summed E-state index contributed by atoms with van der Waals surface area (Å²) in [7, 11) is 4.42. The highest BCUT2D eigenvalue weighted by molar-refractivity contribution is 6.05. The Hall–Kier alpha value is -4.47. The molecule has 0 atom stereocenters. The third-order valence-corrected chi connectivity index (χ3v) is 4.77. The summed E-state index contributed by atoms with van der Waals surface area (Å²) in [5, 5.41) is 8.12. The van der Waals surface area contributed by atoms with Crippen molar-refractivity contribution >= 4 is 23.4 Å². The predicted molar refractivity (Wildman–Crippen MR) is 124 cm³/mol. The van der Waals surface area contributed by atoms with Crippen LogP contribution in [-0.2, 0) is 0 Å². The van der Waals surface area contributed by atoms with Crippen molar-refractivity contribution < 1.29 is 33.0 Å². The van der Waals surface area contributed by atoms with Crippen molar-refractivity contribution in [3.05, 3.63) is 71.7 Å². The van der Waals surface area contributed by atoms with Gasteiger partial charge in [-0.1, -0.05) is 0 Å². The van der Waals surface area contributed by atoms with Gasteiger partial charge in [0.05, 0.1) is 27.6 Å². The van der Waals surface area contributed by atoms with Gasteiger partial charge in [0.2, 0.25) is 5.75 Å². The van der Waals surface area contributed by atoms with Gasteiger partial charge in [-0.3, -0.25) is 14.4 Å². The van der Waals surface area contributed by atoms with Gasteiger partial charge in [0.25, 0.3) is 17.7 Å². The summed E-state index contributed by atoms with van der Waals surface area (Å²) in [6.45, 7) is 0.485. The number of rotatable bonds is 10. The molecular formula is C24H25N3O7. The molecule has 1 heterocycles. The van der Waals surface area contributed by atoms with Crippen molar-refractivity contribution in [1.82, 2.24) is 10.6 Å². The first kappa shape index (κ1) is 24.2. The van der Waals surface area contributed by atoms with Gasteiger partial charge in [0.15, 0.2) is 17.3 Å². The zero-order valence-electron chi connectivity index (χ0n) is 19.0. The molecule has 178 valence electrons. The zero-order chi connectivity index (χ0) is 24.5. The van der Waals surface area contributed by atoms with Crippen molar-refractivity contribution in [3.63, 3.8) is 0 Å². The molecule has 0 saturated heterocycles. The fraction of sp³-hybridized carbons (Fsp3) is 0.208. The van der Waals surface area contributed by atoms with E-state index in [2.05, 4.69) is 16.0 Å². The van der Waals surface area contributed by atoms with E-state index < -0.39 is 0 Å². The normalized spacial score (nSPS) is 10.2. The van der Waals surface area contributed by atoms with Crippen LogP contribution in [0.2, 0.25) is 0 Å². The van der Waals surface area contributed by atoms with E-state index in [0.29, 0.717) is 34.1 Å². The van der Waals surface area contributed by atoms with Crippen molar-refractivity contribution in [1.29, 1.82) is 0 Å². The van der Waals surface area contributed by atoms with Crippen molar-refractivity contribution in [2.24, 2.45) is 0 Å². The molecule has 0 aliphatic carbocycles. The van der Waals surface area contributed by atoms with Crippen LogP contribution in [0.1, 0.15) is 31.3 Å². The lowest BCUT2D eigenvalue weighted by molar-refractivity contribution is 0.0910. The van der Waals surface area contributed by atoms with Crippen LogP contribution in [0.25, 0.3) is 0 Å². The number of carbonyl (C=O) groups excluding carboxylic acids is 3. The third-order valence-electron chi connectivity index (χ3n) is 4.77. The number of ether oxygens (including phenoxy) is 3. The lowest BCUT2D eigenvalue weighted by Crippen LogP contribution is -2.34. The molecule has 0 bridgehead atoms. The minimum absolute atomic E-state index is 0.204. The zero-order valence-corrected chi connectivity index (χ0v) is 19.0. The van der Waals surface area contributed by atoms with E-state index in [1.54, 1.807) is 48.5 Å². The highest BCUT2D eigenvalue weighted by Gasteiger charge is 2.17. The quantitative estimate of drug-likeness (QED) is 0.391. The van der Waals surface area contributed by atoms with E-state index in [4.69, 9.17) is 18.6 Å². The van der Waals surface area contributed by atoms with Crippen LogP contribution in [0, 0.1) is 0 Å². The summed E-state index contributed by atoms with van der Waals surface area (Å²) in [6, 6.07) is 12.7. The number of hydrogen-bond acceptors (Lipinski definition) is 7. The molecule has 3 amide bonds. The third kappa shape index (κ3) is 5.85. The maximum atomic E-state index is 12.7. The number of amides is 3. The van der Waals surface area contributed by atoms with E-state index >= 15 is 0 Å². The number of carbonyl (C=O) groups is 3. The monoisotopic (exact) mass is 467 g/mol. The number of hydrogen-bond donors (Lipinski definition) is 3. The van der Waals surface area contributed by atoms with Crippen LogP contribution >= 0.6 is 0 Å². The first-order valence-corrected chi connectivity index (χ1v) is 10.3. The van der Waals surface area contributed by atoms with Gasteiger partial charge in [-0.25, -0.2) is 0 Å². The average molecular weight is 467 g/mol. The second-order valence-electron chi connectivity index (χ2n) is 6.93. The Morgan fingerprint density at radius 3 is 1.91 bits per heavy atom. The smallest absolute Gasteiger partial charge is 0.287 e. The van der Waals surface area contributed by atoms with Crippen LogP contribution in [0.4, 0.5) is 5.69 Å². The van der Waals surface area contributed by atoms with Crippen LogP contribution in [0.15, 0.2) is 59.2 Å². The fourth-order valence-corrected chi connectivity index (χ4v) is 3.07. The number of nitrogens with one attached hydrogen (secondary N) is 3. The van der Waals surface area contributed by atoms with E-state index in [-0.39, 0.29) is 36.6 Å². The molecule has 10 nitrogen and oxygen atoms in total. The molecule has 0 saturated carbocycles. The van der Waals surface area contributed by atoms with Crippen LogP contribution < -0.4 is 30.2 Å². The van der Waals surface area contributed by atoms with Gasteiger partial charge < -0.3 is 34.6 Å². The predicted octanol–water partition coefficient (Wildman–Crippen LogP) is 2.72. The lowest BCUT2D eigenvalue weighted by Gasteiger charge is -2.14. The van der Waals surface area contributed by atoms with Crippen LogP contribution in [0.5, 0.6) is 17.2 Å². The number of benzene rings is 2. The number of furan rings is 1. The van der Waals surface area contributed by atoms with Crippen molar-refractivity contribution in [2.45, 2.75) is 0 Å². The van der Waals surface area contributed by atoms with Crippen LogP contribution in [0.3, 0.4) is 0 Å². The van der Waals surface area contributed by atoms with Crippen molar-refractivity contribution in [3.8, 4) is 17.2 Å². The largest absolute Gasteiger partial charge is 0.493 e. The molecule has 34 heavy (non-hydrogen) atoms. The lowest BCUT2D eigenvalue weighted by atomic mass is 10.1. The summed E-state index contributed by atoms with van der Waals surface area (Å²) >= 11 is 0. The van der Waals surface area contributed by atoms with Crippen LogP contribution in [-0.4, -0.2) is 52.1 Å². The molecule has 2 aromatic carbocycles. The van der Waals surface area contributed by atoms with Gasteiger partial charge in [0.1, 0.15) is 0 Å². The van der Waals surface area contributed by atoms with Crippen molar-refractivity contribution in [2.75, 3.05) is 39.7 Å². The van der Waals surface area contributed by atoms with Gasteiger partial charge in [-0.2, -0.15) is 0 Å². The Morgan fingerprint density at radius 2 is 1.38 bits per heavy atom. The summed E-state index contributed by atoms with van der Waals surface area (Å²) in [4.78, 5) is 36.8. The molecule has 3 rings (SSSR count).